The zero-order valence-electron chi connectivity index (χ0n) is 9.48. The fraction of sp³-hybridized carbons (Fsp3) is 0.750. The van der Waals surface area contributed by atoms with E-state index in [-0.39, 0.29) is 30.0 Å². The van der Waals surface area contributed by atoms with Gasteiger partial charge in [-0.1, -0.05) is 25.0 Å². The van der Waals surface area contributed by atoms with Crippen molar-refractivity contribution in [2.45, 2.75) is 43.7 Å². The van der Waals surface area contributed by atoms with Gasteiger partial charge in [0.25, 0.3) is 0 Å². The lowest BCUT2D eigenvalue weighted by Crippen LogP contribution is -2.51. The molecule has 0 aliphatic heterocycles. The van der Waals surface area contributed by atoms with Crippen LogP contribution in [0.1, 0.15) is 32.1 Å². The Morgan fingerprint density at radius 3 is 2.62 bits per heavy atom. The highest BCUT2D eigenvalue weighted by Crippen LogP contribution is 2.30. The Hall–Kier alpha value is -0.870. The summed E-state index contributed by atoms with van der Waals surface area (Å²) < 4.78 is 0. The van der Waals surface area contributed by atoms with E-state index in [1.807, 2.05) is 12.2 Å². The molecule has 0 aromatic heterocycles. The molecule has 2 aliphatic carbocycles. The SMILES string of the molecule is NC1C=CC(C(=O)NC2(CO)CCCC2)C1. The van der Waals surface area contributed by atoms with Crippen LogP contribution in [0, 0.1) is 5.92 Å². The molecular weight excluding hydrogens is 204 g/mol. The van der Waals surface area contributed by atoms with E-state index in [0.29, 0.717) is 6.42 Å². The second kappa shape index (κ2) is 4.55. The van der Waals surface area contributed by atoms with Crippen LogP contribution in [0.25, 0.3) is 0 Å². The lowest BCUT2D eigenvalue weighted by molar-refractivity contribution is -0.126. The summed E-state index contributed by atoms with van der Waals surface area (Å²) in [5.41, 5.74) is 5.36. The molecule has 90 valence electrons. The molecule has 16 heavy (non-hydrogen) atoms. The second-order valence-corrected chi connectivity index (χ2v) is 5.03. The molecule has 2 atom stereocenters. The maximum atomic E-state index is 12.0. The summed E-state index contributed by atoms with van der Waals surface area (Å²) in [4.78, 5) is 12.0. The van der Waals surface area contributed by atoms with E-state index in [0.717, 1.165) is 25.7 Å². The number of carbonyl (C=O) groups excluding carboxylic acids is 1. The molecule has 2 aliphatic rings. The fourth-order valence-corrected chi connectivity index (χ4v) is 2.65. The maximum absolute atomic E-state index is 12.0. The molecule has 0 heterocycles. The average Bonchev–Trinajstić information content (AvgIpc) is 2.88. The molecule has 2 unspecified atom stereocenters. The van der Waals surface area contributed by atoms with Crippen LogP contribution in [0.15, 0.2) is 12.2 Å². The number of hydrogen-bond donors (Lipinski definition) is 3. The number of rotatable bonds is 3. The van der Waals surface area contributed by atoms with Gasteiger partial charge in [0.2, 0.25) is 5.91 Å². The first-order valence-corrected chi connectivity index (χ1v) is 6.02. The summed E-state index contributed by atoms with van der Waals surface area (Å²) >= 11 is 0. The molecule has 1 fully saturated rings. The Bertz CT molecular complexity index is 295. The first kappa shape index (κ1) is 11.6. The van der Waals surface area contributed by atoms with Gasteiger partial charge in [-0.05, 0) is 19.3 Å². The highest BCUT2D eigenvalue weighted by molar-refractivity contribution is 5.81. The second-order valence-electron chi connectivity index (χ2n) is 5.03. The van der Waals surface area contributed by atoms with Crippen molar-refractivity contribution in [1.82, 2.24) is 5.32 Å². The minimum Gasteiger partial charge on any atom is -0.394 e. The van der Waals surface area contributed by atoms with Gasteiger partial charge in [-0.2, -0.15) is 0 Å². The van der Waals surface area contributed by atoms with Gasteiger partial charge in [-0.25, -0.2) is 0 Å². The number of carbonyl (C=O) groups is 1. The molecule has 1 amide bonds. The number of amides is 1. The van der Waals surface area contributed by atoms with Crippen molar-refractivity contribution in [2.75, 3.05) is 6.61 Å². The normalized spacial score (nSPS) is 31.9. The van der Waals surface area contributed by atoms with Crippen LogP contribution < -0.4 is 11.1 Å². The molecule has 4 N–H and O–H groups in total. The summed E-state index contributed by atoms with van der Waals surface area (Å²) in [7, 11) is 0. The molecule has 0 aromatic carbocycles. The van der Waals surface area contributed by atoms with Gasteiger partial charge in [0, 0.05) is 6.04 Å². The van der Waals surface area contributed by atoms with Crippen molar-refractivity contribution in [3.8, 4) is 0 Å². The molecule has 0 bridgehead atoms. The van der Waals surface area contributed by atoms with Crippen molar-refractivity contribution >= 4 is 5.91 Å². The smallest absolute Gasteiger partial charge is 0.227 e. The van der Waals surface area contributed by atoms with Gasteiger partial charge in [-0.3, -0.25) is 4.79 Å². The molecule has 0 aromatic rings. The molecule has 0 saturated heterocycles. The Kier molecular flexibility index (Phi) is 3.30. The van der Waals surface area contributed by atoms with Crippen LogP contribution in [0.3, 0.4) is 0 Å². The summed E-state index contributed by atoms with van der Waals surface area (Å²) in [5, 5.41) is 12.4. The van der Waals surface area contributed by atoms with Gasteiger partial charge >= 0.3 is 0 Å². The van der Waals surface area contributed by atoms with Gasteiger partial charge in [-0.15, -0.1) is 0 Å². The lowest BCUT2D eigenvalue weighted by atomic mass is 9.97. The Labute approximate surface area is 95.9 Å². The number of nitrogens with one attached hydrogen (secondary N) is 1. The van der Waals surface area contributed by atoms with Crippen LogP contribution in [0.4, 0.5) is 0 Å². The monoisotopic (exact) mass is 224 g/mol. The highest BCUT2D eigenvalue weighted by atomic mass is 16.3. The van der Waals surface area contributed by atoms with E-state index < -0.39 is 0 Å². The fourth-order valence-electron chi connectivity index (χ4n) is 2.65. The van der Waals surface area contributed by atoms with E-state index >= 15 is 0 Å². The predicted molar refractivity (Wildman–Crippen MR) is 61.6 cm³/mol. The van der Waals surface area contributed by atoms with Crippen LogP contribution in [0.2, 0.25) is 0 Å². The topological polar surface area (TPSA) is 75.4 Å². The molecule has 0 spiro atoms. The molecule has 0 radical (unpaired) electrons. The van der Waals surface area contributed by atoms with Crippen molar-refractivity contribution in [1.29, 1.82) is 0 Å². The summed E-state index contributed by atoms with van der Waals surface area (Å²) in [6, 6.07) is 0.00408. The third-order valence-corrected chi connectivity index (χ3v) is 3.71. The summed E-state index contributed by atoms with van der Waals surface area (Å²) in [6.07, 6.45) is 8.38. The van der Waals surface area contributed by atoms with Crippen molar-refractivity contribution in [3.05, 3.63) is 12.2 Å². The molecule has 4 heteroatoms. The predicted octanol–water partition coefficient (Wildman–Crippen LogP) is 0.311. The van der Waals surface area contributed by atoms with Gasteiger partial charge in [0.15, 0.2) is 0 Å². The van der Waals surface area contributed by atoms with Crippen molar-refractivity contribution < 1.29 is 9.90 Å². The van der Waals surface area contributed by atoms with E-state index in [4.69, 9.17) is 5.73 Å². The Morgan fingerprint density at radius 2 is 2.12 bits per heavy atom. The highest BCUT2D eigenvalue weighted by Gasteiger charge is 2.36. The Morgan fingerprint density at radius 1 is 1.44 bits per heavy atom. The zero-order chi connectivity index (χ0) is 11.6. The van der Waals surface area contributed by atoms with Gasteiger partial charge in [0.05, 0.1) is 18.1 Å². The number of nitrogens with two attached hydrogens (primary N) is 1. The minimum atomic E-state index is -0.363. The van der Waals surface area contributed by atoms with E-state index in [9.17, 15) is 9.90 Å². The molecule has 2 rings (SSSR count). The van der Waals surface area contributed by atoms with Crippen LogP contribution >= 0.6 is 0 Å². The van der Waals surface area contributed by atoms with Crippen LogP contribution in [0.5, 0.6) is 0 Å². The molecule has 1 saturated carbocycles. The standard InChI is InChI=1S/C12H20N2O2/c13-10-4-3-9(7-10)11(16)14-12(8-15)5-1-2-6-12/h3-4,9-10,15H,1-2,5-8,13H2,(H,14,16). The molecular formula is C12H20N2O2. The minimum absolute atomic E-state index is 0.00408. The maximum Gasteiger partial charge on any atom is 0.227 e. The summed E-state index contributed by atoms with van der Waals surface area (Å²) in [5.74, 6) is -0.0980. The third kappa shape index (κ3) is 2.28. The van der Waals surface area contributed by atoms with Crippen LogP contribution in [-0.2, 0) is 4.79 Å². The summed E-state index contributed by atoms with van der Waals surface area (Å²) in [6.45, 7) is 0.0429. The number of aliphatic hydroxyl groups excluding tert-OH is 1. The lowest BCUT2D eigenvalue weighted by Gasteiger charge is -2.29. The first-order valence-electron chi connectivity index (χ1n) is 6.02. The average molecular weight is 224 g/mol. The van der Waals surface area contributed by atoms with Crippen molar-refractivity contribution in [3.63, 3.8) is 0 Å². The quantitative estimate of drug-likeness (QED) is 0.604. The Balaban J connectivity index is 1.93. The van der Waals surface area contributed by atoms with Crippen LogP contribution in [-0.4, -0.2) is 29.2 Å². The number of aliphatic hydroxyl groups is 1. The van der Waals surface area contributed by atoms with E-state index in [2.05, 4.69) is 5.32 Å². The first-order chi connectivity index (χ1) is 7.65. The molecule has 4 nitrogen and oxygen atoms in total. The largest absolute Gasteiger partial charge is 0.394 e. The van der Waals surface area contributed by atoms with Gasteiger partial charge < -0.3 is 16.2 Å². The number of hydrogen-bond acceptors (Lipinski definition) is 3. The third-order valence-electron chi connectivity index (χ3n) is 3.71. The van der Waals surface area contributed by atoms with Gasteiger partial charge in [0.1, 0.15) is 0 Å². The zero-order valence-corrected chi connectivity index (χ0v) is 9.48. The van der Waals surface area contributed by atoms with E-state index in [1.54, 1.807) is 0 Å². The van der Waals surface area contributed by atoms with Crippen molar-refractivity contribution in [2.24, 2.45) is 11.7 Å². The van der Waals surface area contributed by atoms with E-state index in [1.165, 1.54) is 0 Å².